The SMILES string of the molecule is CCN(C(=O)CN1CCN(Cc2ccc3c(c2)CCO3)CC1)c1ccccc1C. The van der Waals surface area contributed by atoms with E-state index in [2.05, 4.69) is 41.0 Å². The zero-order valence-corrected chi connectivity index (χ0v) is 17.6. The van der Waals surface area contributed by atoms with Crippen LogP contribution in [0.2, 0.25) is 0 Å². The standard InChI is InChI=1S/C24H31N3O2/c1-3-27(22-7-5-4-6-19(22)2)24(28)18-26-13-11-25(12-14-26)17-20-8-9-23-21(16-20)10-15-29-23/h4-9,16H,3,10-15,17-18H2,1-2H3. The Kier molecular flexibility index (Phi) is 6.16. The number of hydrogen-bond acceptors (Lipinski definition) is 4. The number of ether oxygens (including phenoxy) is 1. The molecule has 2 aromatic carbocycles. The van der Waals surface area contributed by atoms with Gasteiger partial charge < -0.3 is 9.64 Å². The summed E-state index contributed by atoms with van der Waals surface area (Å²) in [5.41, 5.74) is 4.87. The lowest BCUT2D eigenvalue weighted by Gasteiger charge is -2.35. The van der Waals surface area contributed by atoms with E-state index >= 15 is 0 Å². The molecule has 0 atom stereocenters. The van der Waals surface area contributed by atoms with Crippen molar-refractivity contribution in [2.24, 2.45) is 0 Å². The maximum absolute atomic E-state index is 12.9. The van der Waals surface area contributed by atoms with E-state index in [0.29, 0.717) is 13.1 Å². The first-order valence-corrected chi connectivity index (χ1v) is 10.7. The highest BCUT2D eigenvalue weighted by Crippen LogP contribution is 2.26. The number of para-hydroxylation sites is 1. The Bertz CT molecular complexity index is 859. The molecule has 0 spiro atoms. The minimum Gasteiger partial charge on any atom is -0.493 e. The second kappa shape index (κ2) is 8.97. The molecular weight excluding hydrogens is 362 g/mol. The molecule has 0 radical (unpaired) electrons. The summed E-state index contributed by atoms with van der Waals surface area (Å²) >= 11 is 0. The molecule has 0 aliphatic carbocycles. The highest BCUT2D eigenvalue weighted by atomic mass is 16.5. The van der Waals surface area contributed by atoms with E-state index in [1.54, 1.807) is 0 Å². The fraction of sp³-hybridized carbons (Fsp3) is 0.458. The van der Waals surface area contributed by atoms with Crippen molar-refractivity contribution in [3.8, 4) is 5.75 Å². The maximum atomic E-state index is 12.9. The number of carbonyl (C=O) groups excluding carboxylic acids is 1. The summed E-state index contributed by atoms with van der Waals surface area (Å²) in [6.07, 6.45) is 1.02. The van der Waals surface area contributed by atoms with Gasteiger partial charge in [0.05, 0.1) is 13.2 Å². The predicted molar refractivity (Wildman–Crippen MR) is 117 cm³/mol. The summed E-state index contributed by atoms with van der Waals surface area (Å²) in [5, 5.41) is 0. The summed E-state index contributed by atoms with van der Waals surface area (Å²) in [6.45, 7) is 10.9. The minimum atomic E-state index is 0.189. The van der Waals surface area contributed by atoms with Crippen LogP contribution in [0.3, 0.4) is 0 Å². The van der Waals surface area contributed by atoms with Crippen molar-refractivity contribution in [3.63, 3.8) is 0 Å². The van der Waals surface area contributed by atoms with Gasteiger partial charge in [-0.05, 0) is 42.7 Å². The van der Waals surface area contributed by atoms with Crippen LogP contribution in [0.25, 0.3) is 0 Å². The van der Waals surface area contributed by atoms with Crippen LogP contribution in [-0.2, 0) is 17.8 Å². The van der Waals surface area contributed by atoms with Gasteiger partial charge in [-0.25, -0.2) is 0 Å². The van der Waals surface area contributed by atoms with Gasteiger partial charge in [-0.2, -0.15) is 0 Å². The summed E-state index contributed by atoms with van der Waals surface area (Å²) in [4.78, 5) is 19.6. The molecule has 2 aliphatic rings. The van der Waals surface area contributed by atoms with E-state index in [4.69, 9.17) is 4.74 Å². The number of amides is 1. The lowest BCUT2D eigenvalue weighted by Crippen LogP contribution is -2.49. The molecule has 0 unspecified atom stereocenters. The molecule has 0 saturated carbocycles. The number of hydrogen-bond donors (Lipinski definition) is 0. The number of likely N-dealkylation sites (N-methyl/N-ethyl adjacent to an activating group) is 1. The monoisotopic (exact) mass is 393 g/mol. The summed E-state index contributed by atoms with van der Waals surface area (Å²) in [6, 6.07) is 14.7. The molecule has 2 aromatic rings. The van der Waals surface area contributed by atoms with Crippen molar-refractivity contribution in [2.45, 2.75) is 26.8 Å². The van der Waals surface area contributed by atoms with Crippen molar-refractivity contribution in [2.75, 3.05) is 50.8 Å². The normalized spacial score (nSPS) is 17.0. The highest BCUT2D eigenvalue weighted by Gasteiger charge is 2.23. The first kappa shape index (κ1) is 19.9. The summed E-state index contributed by atoms with van der Waals surface area (Å²) in [5.74, 6) is 1.24. The van der Waals surface area contributed by atoms with Crippen molar-refractivity contribution in [3.05, 3.63) is 59.2 Å². The lowest BCUT2D eigenvalue weighted by molar-refractivity contribution is -0.120. The molecule has 1 fully saturated rings. The second-order valence-corrected chi connectivity index (χ2v) is 8.02. The van der Waals surface area contributed by atoms with E-state index in [1.165, 1.54) is 11.1 Å². The number of benzene rings is 2. The zero-order chi connectivity index (χ0) is 20.2. The third kappa shape index (κ3) is 4.62. The molecule has 154 valence electrons. The first-order valence-electron chi connectivity index (χ1n) is 10.7. The van der Waals surface area contributed by atoms with Gasteiger partial charge in [0.25, 0.3) is 0 Å². The first-order chi connectivity index (χ1) is 14.1. The molecule has 4 rings (SSSR count). The Balaban J connectivity index is 1.29. The van der Waals surface area contributed by atoms with Gasteiger partial charge in [-0.15, -0.1) is 0 Å². The van der Waals surface area contributed by atoms with E-state index in [1.807, 2.05) is 30.0 Å². The average molecular weight is 394 g/mol. The lowest BCUT2D eigenvalue weighted by atomic mass is 10.1. The Hall–Kier alpha value is -2.37. The van der Waals surface area contributed by atoms with Gasteiger partial charge in [0.1, 0.15) is 5.75 Å². The smallest absolute Gasteiger partial charge is 0.241 e. The predicted octanol–water partition coefficient (Wildman–Crippen LogP) is 3.10. The second-order valence-electron chi connectivity index (χ2n) is 8.02. The van der Waals surface area contributed by atoms with Crippen molar-refractivity contribution >= 4 is 11.6 Å². The van der Waals surface area contributed by atoms with Crippen LogP contribution in [0, 0.1) is 6.92 Å². The number of carbonyl (C=O) groups is 1. The number of rotatable bonds is 6. The van der Waals surface area contributed by atoms with E-state index in [-0.39, 0.29) is 5.91 Å². The molecule has 1 amide bonds. The molecule has 29 heavy (non-hydrogen) atoms. The number of fused-ring (bicyclic) bond motifs is 1. The number of piperazine rings is 1. The van der Waals surface area contributed by atoms with E-state index in [9.17, 15) is 4.79 Å². The molecule has 2 heterocycles. The Morgan fingerprint density at radius 2 is 1.83 bits per heavy atom. The third-order valence-corrected chi connectivity index (χ3v) is 6.01. The van der Waals surface area contributed by atoms with Gasteiger partial charge in [0.15, 0.2) is 0 Å². The van der Waals surface area contributed by atoms with Crippen molar-refractivity contribution in [1.29, 1.82) is 0 Å². The maximum Gasteiger partial charge on any atom is 0.241 e. The number of aryl methyl sites for hydroxylation is 1. The van der Waals surface area contributed by atoms with Crippen molar-refractivity contribution < 1.29 is 9.53 Å². The summed E-state index contributed by atoms with van der Waals surface area (Å²) < 4.78 is 5.61. The van der Waals surface area contributed by atoms with Crippen LogP contribution in [0.4, 0.5) is 5.69 Å². The van der Waals surface area contributed by atoms with Crippen LogP contribution in [0.15, 0.2) is 42.5 Å². The third-order valence-electron chi connectivity index (χ3n) is 6.01. The molecule has 5 nitrogen and oxygen atoms in total. The minimum absolute atomic E-state index is 0.189. The Morgan fingerprint density at radius 1 is 1.07 bits per heavy atom. The van der Waals surface area contributed by atoms with Gasteiger partial charge >= 0.3 is 0 Å². The van der Waals surface area contributed by atoms with Gasteiger partial charge in [0, 0.05) is 51.4 Å². The van der Waals surface area contributed by atoms with Gasteiger partial charge in [0.2, 0.25) is 5.91 Å². The topological polar surface area (TPSA) is 36.0 Å². The molecule has 1 saturated heterocycles. The number of anilines is 1. The van der Waals surface area contributed by atoms with Crippen LogP contribution < -0.4 is 9.64 Å². The zero-order valence-electron chi connectivity index (χ0n) is 17.6. The Morgan fingerprint density at radius 3 is 2.59 bits per heavy atom. The quantitative estimate of drug-likeness (QED) is 0.756. The molecule has 0 aromatic heterocycles. The summed E-state index contributed by atoms with van der Waals surface area (Å²) in [7, 11) is 0. The van der Waals surface area contributed by atoms with Crippen LogP contribution >= 0.6 is 0 Å². The van der Waals surface area contributed by atoms with Crippen LogP contribution in [0.1, 0.15) is 23.6 Å². The number of nitrogens with zero attached hydrogens (tertiary/aromatic N) is 3. The fourth-order valence-electron chi connectivity index (χ4n) is 4.33. The van der Waals surface area contributed by atoms with Gasteiger partial charge in [-0.1, -0.05) is 30.3 Å². The average Bonchev–Trinajstić information content (AvgIpc) is 3.19. The molecule has 5 heteroatoms. The van der Waals surface area contributed by atoms with E-state index in [0.717, 1.165) is 62.8 Å². The largest absolute Gasteiger partial charge is 0.493 e. The molecular formula is C24H31N3O2. The van der Waals surface area contributed by atoms with Crippen LogP contribution in [0.5, 0.6) is 5.75 Å². The van der Waals surface area contributed by atoms with Crippen molar-refractivity contribution in [1.82, 2.24) is 9.80 Å². The Labute approximate surface area is 173 Å². The van der Waals surface area contributed by atoms with E-state index < -0.39 is 0 Å². The van der Waals surface area contributed by atoms with Gasteiger partial charge in [-0.3, -0.25) is 14.6 Å². The van der Waals surface area contributed by atoms with Crippen LogP contribution in [-0.4, -0.2) is 61.6 Å². The molecule has 2 aliphatic heterocycles. The fourth-order valence-corrected chi connectivity index (χ4v) is 4.33. The highest BCUT2D eigenvalue weighted by molar-refractivity contribution is 5.95. The molecule has 0 bridgehead atoms. The molecule has 0 N–H and O–H groups in total.